The van der Waals surface area contributed by atoms with E-state index in [1.807, 2.05) is 0 Å². The van der Waals surface area contributed by atoms with Crippen LogP contribution in [0, 0.1) is 0 Å². The number of nitrogens with zero attached hydrogens (tertiary/aromatic N) is 6. The molecule has 3 aromatic rings. The number of carbonyl (C=O) groups excluding carboxylic acids is 2. The van der Waals surface area contributed by atoms with Crippen LogP contribution in [-0.2, 0) is 11.3 Å². The molecule has 0 radical (unpaired) electrons. The van der Waals surface area contributed by atoms with E-state index < -0.39 is 41.6 Å². The molecular weight excluding hydrogens is 551 g/mol. The Bertz CT molecular complexity index is 1380. The molecule has 13 nitrogen and oxygen atoms in total. The van der Waals surface area contributed by atoms with Gasteiger partial charge >= 0.3 is 24.3 Å². The van der Waals surface area contributed by atoms with Crippen LogP contribution < -0.4 is 14.8 Å². The highest BCUT2D eigenvalue weighted by Gasteiger charge is 2.39. The number of carbonyl (C=O) groups is 2. The highest BCUT2D eigenvalue weighted by Crippen LogP contribution is 2.38. The van der Waals surface area contributed by atoms with E-state index in [2.05, 4.69) is 30.6 Å². The summed E-state index contributed by atoms with van der Waals surface area (Å²) in [4.78, 5) is 27.4. The van der Waals surface area contributed by atoms with E-state index in [9.17, 15) is 22.8 Å². The zero-order valence-corrected chi connectivity index (χ0v) is 22.4. The van der Waals surface area contributed by atoms with Crippen LogP contribution in [0.1, 0.15) is 50.7 Å². The lowest BCUT2D eigenvalue weighted by molar-refractivity contribution is -0.274. The van der Waals surface area contributed by atoms with Crippen molar-refractivity contribution >= 4 is 12.0 Å². The Morgan fingerprint density at radius 2 is 1.95 bits per heavy atom. The Morgan fingerprint density at radius 3 is 2.61 bits per heavy atom. The fraction of sp³-hybridized carbons (Fsp3) is 0.520. The number of halogens is 3. The van der Waals surface area contributed by atoms with Gasteiger partial charge in [0.1, 0.15) is 17.1 Å². The lowest BCUT2D eigenvalue weighted by Gasteiger charge is -2.28. The molecule has 1 saturated carbocycles. The second-order valence-electron chi connectivity index (χ2n) is 10.8. The van der Waals surface area contributed by atoms with E-state index in [-0.39, 0.29) is 35.9 Å². The summed E-state index contributed by atoms with van der Waals surface area (Å²) in [6.07, 6.45) is -0.356. The quantitative estimate of drug-likeness (QED) is 0.420. The molecular formula is C25H28F3N7O6. The van der Waals surface area contributed by atoms with E-state index in [1.165, 1.54) is 17.2 Å². The third kappa shape index (κ3) is 7.43. The van der Waals surface area contributed by atoms with Crippen LogP contribution in [0.25, 0.3) is 11.5 Å². The van der Waals surface area contributed by atoms with E-state index in [4.69, 9.17) is 13.9 Å². The highest BCUT2D eigenvalue weighted by molar-refractivity contribution is 5.90. The lowest BCUT2D eigenvalue weighted by Crippen LogP contribution is -2.43. The second kappa shape index (κ2) is 10.9. The zero-order chi connectivity index (χ0) is 29.4. The number of hydrogen-bond donors (Lipinski definition) is 1. The molecule has 1 aliphatic carbocycles. The molecule has 1 aromatic carbocycles. The van der Waals surface area contributed by atoms with Gasteiger partial charge in [0, 0.05) is 18.8 Å². The predicted octanol–water partition coefficient (Wildman–Crippen LogP) is 3.58. The molecule has 0 spiro atoms. The standard InChI is InChI=1S/C25H28F3N7O6/c1-24(2,3)41-23(37)35-12-14(10-15(35)13-34-9-8-29-33-34)30-20(36)22-32-31-21(39-22)18-11-17(40-25(26,27)28)6-7-19(18)38-16-4-5-16/h6-9,11,14-16H,4-5,10,12-13H2,1-3H3,(H,30,36)/t14?,15-/m1/s1. The van der Waals surface area contributed by atoms with Crippen LogP contribution >= 0.6 is 0 Å². The lowest BCUT2D eigenvalue weighted by atomic mass is 10.1. The van der Waals surface area contributed by atoms with Crippen molar-refractivity contribution < 1.29 is 41.4 Å². The molecule has 220 valence electrons. The minimum Gasteiger partial charge on any atom is -0.490 e. The molecule has 2 aliphatic rings. The molecule has 1 unspecified atom stereocenters. The average molecular weight is 580 g/mol. The minimum absolute atomic E-state index is 0.0510. The number of benzene rings is 1. The first kappa shape index (κ1) is 28.2. The number of hydrogen-bond acceptors (Lipinski definition) is 10. The van der Waals surface area contributed by atoms with E-state index in [1.54, 1.807) is 31.6 Å². The van der Waals surface area contributed by atoms with E-state index >= 15 is 0 Å². The summed E-state index contributed by atoms with van der Waals surface area (Å²) in [5.41, 5.74) is -0.670. The Hall–Kier alpha value is -4.37. The summed E-state index contributed by atoms with van der Waals surface area (Å²) in [6.45, 7) is 5.75. The first-order chi connectivity index (χ1) is 19.3. The number of likely N-dealkylation sites (tertiary alicyclic amines) is 1. The van der Waals surface area contributed by atoms with Gasteiger partial charge in [-0.2, -0.15) is 0 Å². The molecule has 0 bridgehead atoms. The number of nitrogens with one attached hydrogen (secondary N) is 1. The van der Waals surface area contributed by atoms with Crippen molar-refractivity contribution in [1.29, 1.82) is 0 Å². The van der Waals surface area contributed by atoms with Crippen molar-refractivity contribution in [3.63, 3.8) is 0 Å². The van der Waals surface area contributed by atoms with Gasteiger partial charge in [-0.3, -0.25) is 9.48 Å². The van der Waals surface area contributed by atoms with Crippen molar-refractivity contribution in [2.75, 3.05) is 6.54 Å². The van der Waals surface area contributed by atoms with Gasteiger partial charge in [0.25, 0.3) is 5.89 Å². The molecule has 5 rings (SSSR count). The summed E-state index contributed by atoms with van der Waals surface area (Å²) in [6, 6.07) is 2.65. The fourth-order valence-corrected chi connectivity index (χ4v) is 4.30. The second-order valence-corrected chi connectivity index (χ2v) is 10.8. The third-order valence-corrected chi connectivity index (χ3v) is 6.10. The van der Waals surface area contributed by atoms with Crippen molar-refractivity contribution in [3.05, 3.63) is 36.5 Å². The van der Waals surface area contributed by atoms with Gasteiger partial charge in [-0.1, -0.05) is 5.21 Å². The Morgan fingerprint density at radius 1 is 1.17 bits per heavy atom. The molecule has 3 heterocycles. The molecule has 41 heavy (non-hydrogen) atoms. The first-order valence-electron chi connectivity index (χ1n) is 12.9. The number of amides is 2. The van der Waals surface area contributed by atoms with Gasteiger partial charge in [-0.15, -0.1) is 28.5 Å². The average Bonchev–Trinajstić information content (AvgIpc) is 3.25. The van der Waals surface area contributed by atoms with Gasteiger partial charge in [-0.05, 0) is 58.2 Å². The van der Waals surface area contributed by atoms with Gasteiger partial charge < -0.3 is 28.8 Å². The summed E-state index contributed by atoms with van der Waals surface area (Å²) >= 11 is 0. The zero-order valence-electron chi connectivity index (χ0n) is 22.4. The van der Waals surface area contributed by atoms with Crippen LogP contribution in [0.15, 0.2) is 35.0 Å². The van der Waals surface area contributed by atoms with Gasteiger partial charge in [0.15, 0.2) is 0 Å². The van der Waals surface area contributed by atoms with Gasteiger partial charge in [0.2, 0.25) is 0 Å². The number of ether oxygens (including phenoxy) is 3. The minimum atomic E-state index is -4.91. The van der Waals surface area contributed by atoms with Crippen LogP contribution in [0.4, 0.5) is 18.0 Å². The Labute approximate surface area is 231 Å². The van der Waals surface area contributed by atoms with E-state index in [0.717, 1.165) is 25.0 Å². The van der Waals surface area contributed by atoms with Gasteiger partial charge in [0.05, 0.1) is 30.5 Å². The van der Waals surface area contributed by atoms with Crippen molar-refractivity contribution in [2.24, 2.45) is 0 Å². The Kier molecular flexibility index (Phi) is 7.48. The SMILES string of the molecule is CC(C)(C)OC(=O)N1CC(NC(=O)c2nnc(-c3cc(OC(F)(F)F)ccc3OC3CC3)o2)C[C@@H]1Cn1ccnn1. The normalized spacial score (nSPS) is 19.2. The van der Waals surface area contributed by atoms with Crippen LogP contribution in [0.3, 0.4) is 0 Å². The molecule has 16 heteroatoms. The van der Waals surface area contributed by atoms with Crippen LogP contribution in [0.2, 0.25) is 0 Å². The molecule has 2 fully saturated rings. The largest absolute Gasteiger partial charge is 0.573 e. The summed E-state index contributed by atoms with van der Waals surface area (Å²) in [5.74, 6) is -1.64. The predicted molar refractivity (Wildman–Crippen MR) is 133 cm³/mol. The molecule has 1 N–H and O–H groups in total. The maximum Gasteiger partial charge on any atom is 0.573 e. The van der Waals surface area contributed by atoms with E-state index in [0.29, 0.717) is 13.0 Å². The van der Waals surface area contributed by atoms with Crippen LogP contribution in [-0.4, -0.2) is 78.8 Å². The van der Waals surface area contributed by atoms with Crippen LogP contribution in [0.5, 0.6) is 11.5 Å². The van der Waals surface area contributed by atoms with Crippen molar-refractivity contribution in [2.45, 2.75) is 76.7 Å². The van der Waals surface area contributed by atoms with Gasteiger partial charge in [-0.25, -0.2) is 4.79 Å². The maximum absolute atomic E-state index is 13.0. The summed E-state index contributed by atoms with van der Waals surface area (Å²) in [7, 11) is 0. The smallest absolute Gasteiger partial charge is 0.490 e. The Balaban J connectivity index is 1.31. The maximum atomic E-state index is 13.0. The number of rotatable bonds is 8. The summed E-state index contributed by atoms with van der Waals surface area (Å²) in [5, 5.41) is 18.2. The highest BCUT2D eigenvalue weighted by atomic mass is 19.4. The van der Waals surface area contributed by atoms with Crippen molar-refractivity contribution in [3.8, 4) is 23.0 Å². The third-order valence-electron chi connectivity index (χ3n) is 6.10. The summed E-state index contributed by atoms with van der Waals surface area (Å²) < 4.78 is 60.8. The molecule has 1 saturated heterocycles. The fourth-order valence-electron chi connectivity index (χ4n) is 4.30. The number of alkyl halides is 3. The molecule has 1 aliphatic heterocycles. The molecule has 2 amide bonds. The van der Waals surface area contributed by atoms with Crippen molar-refractivity contribution in [1.82, 2.24) is 35.4 Å². The monoisotopic (exact) mass is 579 g/mol. The molecule has 2 atom stereocenters. The first-order valence-corrected chi connectivity index (χ1v) is 12.9. The number of aromatic nitrogens is 5. The topological polar surface area (TPSA) is 147 Å². The molecule has 2 aromatic heterocycles.